The lowest BCUT2D eigenvalue weighted by molar-refractivity contribution is -0.119. The summed E-state index contributed by atoms with van der Waals surface area (Å²) in [4.78, 5) is 15.8. The molecule has 0 aliphatic carbocycles. The number of carbonyl (C=O) groups is 1. The Labute approximate surface area is 149 Å². The van der Waals surface area contributed by atoms with Gasteiger partial charge in [-0.25, -0.2) is 4.98 Å². The van der Waals surface area contributed by atoms with Crippen molar-refractivity contribution in [3.05, 3.63) is 36.7 Å². The molecule has 1 unspecified atom stereocenters. The predicted molar refractivity (Wildman–Crippen MR) is 100 cm³/mol. The molecule has 0 saturated carbocycles. The van der Waals surface area contributed by atoms with Crippen LogP contribution in [-0.4, -0.2) is 36.9 Å². The summed E-state index contributed by atoms with van der Waals surface area (Å²) in [5.74, 6) is 0.369. The number of rotatable bonds is 4. The molecule has 26 heavy (non-hydrogen) atoms. The summed E-state index contributed by atoms with van der Waals surface area (Å²) in [6.45, 7) is 3.99. The summed E-state index contributed by atoms with van der Waals surface area (Å²) in [7, 11) is 0. The molecule has 8 nitrogen and oxygen atoms in total. The molecule has 1 aromatic carbocycles. The number of benzene rings is 1. The van der Waals surface area contributed by atoms with Gasteiger partial charge in [-0.1, -0.05) is 6.07 Å². The van der Waals surface area contributed by atoms with Gasteiger partial charge in [0.1, 0.15) is 5.82 Å². The lowest BCUT2D eigenvalue weighted by Gasteiger charge is -2.14. The first-order valence-corrected chi connectivity index (χ1v) is 8.35. The zero-order valence-electron chi connectivity index (χ0n) is 14.5. The van der Waals surface area contributed by atoms with Crippen LogP contribution in [-0.2, 0) is 11.3 Å². The number of fused-ring (bicyclic) bond motifs is 3. The molecular weight excluding hydrogens is 330 g/mol. The van der Waals surface area contributed by atoms with Crippen molar-refractivity contribution in [2.45, 2.75) is 26.4 Å². The number of amides is 1. The van der Waals surface area contributed by atoms with Crippen LogP contribution in [0.15, 0.2) is 36.7 Å². The van der Waals surface area contributed by atoms with Crippen molar-refractivity contribution in [2.24, 2.45) is 0 Å². The number of hydrogen-bond acceptors (Lipinski definition) is 5. The molecule has 4 rings (SSSR count). The third kappa shape index (κ3) is 2.75. The van der Waals surface area contributed by atoms with Crippen LogP contribution in [0.3, 0.4) is 0 Å². The second kappa shape index (κ2) is 6.14. The summed E-state index contributed by atoms with van der Waals surface area (Å²) >= 11 is 0. The number of nitrogens with one attached hydrogen (secondary N) is 2. The molecule has 0 radical (unpaired) electrons. The topological polar surface area (TPSA) is 115 Å². The van der Waals surface area contributed by atoms with E-state index in [2.05, 4.69) is 25.6 Å². The molecule has 0 saturated heterocycles. The Morgan fingerprint density at radius 3 is 2.92 bits per heavy atom. The molecule has 0 spiro atoms. The SMILES string of the molecule is CC(=O)NC(C)Cn1ncc2c(N)nc3cc(-c4cc[nH]n4)ccc3c21. The van der Waals surface area contributed by atoms with Crippen molar-refractivity contribution >= 4 is 33.5 Å². The van der Waals surface area contributed by atoms with Crippen LogP contribution in [0.4, 0.5) is 5.82 Å². The predicted octanol–water partition coefficient (Wildman–Crippen LogP) is 2.08. The Bertz CT molecular complexity index is 1100. The van der Waals surface area contributed by atoms with Crippen molar-refractivity contribution in [1.82, 2.24) is 30.3 Å². The van der Waals surface area contributed by atoms with Crippen LogP contribution in [0, 0.1) is 0 Å². The van der Waals surface area contributed by atoms with E-state index >= 15 is 0 Å². The molecule has 3 heterocycles. The maximum Gasteiger partial charge on any atom is 0.217 e. The van der Waals surface area contributed by atoms with Gasteiger partial charge in [-0.15, -0.1) is 0 Å². The monoisotopic (exact) mass is 349 g/mol. The van der Waals surface area contributed by atoms with Crippen LogP contribution in [0.1, 0.15) is 13.8 Å². The molecule has 4 aromatic rings. The van der Waals surface area contributed by atoms with E-state index in [4.69, 9.17) is 5.73 Å². The van der Waals surface area contributed by atoms with E-state index in [0.717, 1.165) is 33.1 Å². The minimum Gasteiger partial charge on any atom is -0.383 e. The van der Waals surface area contributed by atoms with Gasteiger partial charge in [0.25, 0.3) is 0 Å². The molecule has 0 aliphatic heterocycles. The van der Waals surface area contributed by atoms with Gasteiger partial charge in [-0.05, 0) is 25.1 Å². The Morgan fingerprint density at radius 1 is 1.35 bits per heavy atom. The molecule has 0 aliphatic rings. The number of aromatic nitrogens is 5. The normalized spacial score (nSPS) is 12.5. The minimum atomic E-state index is -0.0661. The highest BCUT2D eigenvalue weighted by molar-refractivity contribution is 6.08. The second-order valence-corrected chi connectivity index (χ2v) is 6.38. The number of nitrogens with two attached hydrogens (primary N) is 1. The van der Waals surface area contributed by atoms with Crippen LogP contribution >= 0.6 is 0 Å². The summed E-state index contributed by atoms with van der Waals surface area (Å²) in [5, 5.41) is 16.1. The Kier molecular flexibility index (Phi) is 3.80. The zero-order valence-corrected chi connectivity index (χ0v) is 14.5. The average Bonchev–Trinajstić information content (AvgIpc) is 3.24. The number of pyridine rings is 1. The fraction of sp³-hybridized carbons (Fsp3) is 0.222. The fourth-order valence-corrected chi connectivity index (χ4v) is 3.24. The van der Waals surface area contributed by atoms with E-state index < -0.39 is 0 Å². The smallest absolute Gasteiger partial charge is 0.217 e. The van der Waals surface area contributed by atoms with Crippen LogP contribution in [0.5, 0.6) is 0 Å². The first kappa shape index (κ1) is 16.1. The number of hydrogen-bond donors (Lipinski definition) is 3. The first-order valence-electron chi connectivity index (χ1n) is 8.35. The van der Waals surface area contributed by atoms with Crippen molar-refractivity contribution in [3.63, 3.8) is 0 Å². The highest BCUT2D eigenvalue weighted by Crippen LogP contribution is 2.30. The van der Waals surface area contributed by atoms with Crippen molar-refractivity contribution in [2.75, 3.05) is 5.73 Å². The lowest BCUT2D eigenvalue weighted by atomic mass is 10.1. The van der Waals surface area contributed by atoms with Gasteiger partial charge in [0, 0.05) is 30.1 Å². The summed E-state index contributed by atoms with van der Waals surface area (Å²) in [6.07, 6.45) is 3.50. The number of nitrogen functional groups attached to an aromatic ring is 1. The molecule has 1 atom stereocenters. The number of aromatic amines is 1. The van der Waals surface area contributed by atoms with Crippen LogP contribution < -0.4 is 11.1 Å². The summed E-state index contributed by atoms with van der Waals surface area (Å²) in [6, 6.07) is 7.83. The molecule has 4 N–H and O–H groups in total. The van der Waals surface area contributed by atoms with Gasteiger partial charge in [0.15, 0.2) is 0 Å². The highest BCUT2D eigenvalue weighted by atomic mass is 16.1. The van der Waals surface area contributed by atoms with Gasteiger partial charge in [-0.2, -0.15) is 10.2 Å². The van der Waals surface area contributed by atoms with E-state index in [0.29, 0.717) is 12.4 Å². The van der Waals surface area contributed by atoms with Gasteiger partial charge in [-0.3, -0.25) is 14.6 Å². The molecule has 0 fully saturated rings. The number of nitrogens with zero attached hydrogens (tertiary/aromatic N) is 4. The molecule has 1 amide bonds. The van der Waals surface area contributed by atoms with E-state index in [1.54, 1.807) is 12.4 Å². The fourth-order valence-electron chi connectivity index (χ4n) is 3.24. The van der Waals surface area contributed by atoms with Gasteiger partial charge < -0.3 is 11.1 Å². The number of carbonyl (C=O) groups excluding carboxylic acids is 1. The Hall–Kier alpha value is -3.42. The quantitative estimate of drug-likeness (QED) is 0.522. The molecular formula is C18H19N7O. The Balaban J connectivity index is 1.85. The second-order valence-electron chi connectivity index (χ2n) is 6.38. The lowest BCUT2D eigenvalue weighted by Crippen LogP contribution is -2.34. The first-order chi connectivity index (χ1) is 12.5. The number of anilines is 1. The third-order valence-corrected chi connectivity index (χ3v) is 4.30. The van der Waals surface area contributed by atoms with Crippen LogP contribution in [0.25, 0.3) is 33.1 Å². The van der Waals surface area contributed by atoms with Crippen molar-refractivity contribution in [1.29, 1.82) is 0 Å². The molecule has 8 heteroatoms. The molecule has 132 valence electrons. The van der Waals surface area contributed by atoms with Gasteiger partial charge in [0.2, 0.25) is 5.91 Å². The van der Waals surface area contributed by atoms with Crippen LogP contribution in [0.2, 0.25) is 0 Å². The number of H-pyrrole nitrogens is 1. The largest absolute Gasteiger partial charge is 0.383 e. The van der Waals surface area contributed by atoms with Crippen molar-refractivity contribution < 1.29 is 4.79 Å². The maximum absolute atomic E-state index is 11.3. The highest BCUT2D eigenvalue weighted by Gasteiger charge is 2.15. The zero-order chi connectivity index (χ0) is 18.3. The van der Waals surface area contributed by atoms with Gasteiger partial charge in [0.05, 0.1) is 34.9 Å². The van der Waals surface area contributed by atoms with E-state index in [1.165, 1.54) is 6.92 Å². The standard InChI is InChI=1S/C18H19N7O/c1-10(22-11(2)26)9-25-17-13-4-3-12(15-5-6-20-24-15)7-16(13)23-18(19)14(17)8-21-25/h3-8,10H,9H2,1-2H3,(H2,19,23)(H,20,24)(H,22,26). The summed E-state index contributed by atoms with van der Waals surface area (Å²) < 4.78 is 1.87. The molecule has 0 bridgehead atoms. The Morgan fingerprint density at radius 2 is 2.19 bits per heavy atom. The minimum absolute atomic E-state index is 0.0524. The maximum atomic E-state index is 11.3. The molecule has 3 aromatic heterocycles. The van der Waals surface area contributed by atoms with E-state index in [9.17, 15) is 4.79 Å². The van der Waals surface area contributed by atoms with Gasteiger partial charge >= 0.3 is 0 Å². The average molecular weight is 349 g/mol. The van der Waals surface area contributed by atoms with E-state index in [1.807, 2.05) is 35.9 Å². The summed E-state index contributed by atoms with van der Waals surface area (Å²) in [5.41, 5.74) is 9.67. The van der Waals surface area contributed by atoms with Crippen molar-refractivity contribution in [3.8, 4) is 11.3 Å². The van der Waals surface area contributed by atoms with E-state index in [-0.39, 0.29) is 11.9 Å². The third-order valence-electron chi connectivity index (χ3n) is 4.30.